The lowest BCUT2D eigenvalue weighted by Gasteiger charge is -2.71. The van der Waals surface area contributed by atoms with Crippen LogP contribution >= 0.6 is 0 Å². The molecule has 0 aliphatic carbocycles. The van der Waals surface area contributed by atoms with E-state index in [0.29, 0.717) is 6.17 Å². The third-order valence-corrected chi connectivity index (χ3v) is 21.9. The molecule has 0 aromatic heterocycles. The first kappa shape index (κ1) is 23.0. The van der Waals surface area contributed by atoms with E-state index in [1.807, 2.05) is 0 Å². The molecule has 0 N–H and O–H groups in total. The van der Waals surface area contributed by atoms with Gasteiger partial charge in [0.2, 0.25) is 0 Å². The normalized spacial score (nSPS) is 23.6. The van der Waals surface area contributed by atoms with E-state index in [4.69, 9.17) is 0 Å². The summed E-state index contributed by atoms with van der Waals surface area (Å²) in [4.78, 5) is 0. The number of rotatable bonds is 4. The Morgan fingerprint density at radius 1 is 0.741 bits per heavy atom. The third-order valence-electron chi connectivity index (χ3n) is 5.35. The van der Waals surface area contributed by atoms with E-state index in [0.717, 1.165) is 0 Å². The highest BCUT2D eigenvalue weighted by Crippen LogP contribution is 2.49. The predicted molar refractivity (Wildman–Crippen MR) is 128 cm³/mol. The lowest BCUT2D eigenvalue weighted by Crippen LogP contribution is -2.87. The van der Waals surface area contributed by atoms with Crippen LogP contribution < -0.4 is 0 Å². The second-order valence-electron chi connectivity index (χ2n) is 12.0. The molecule has 6 heteroatoms. The minimum Gasteiger partial charge on any atom is -0.346 e. The van der Waals surface area contributed by atoms with E-state index in [9.17, 15) is 0 Å². The van der Waals surface area contributed by atoms with Crippen LogP contribution in [0, 0.1) is 0 Å². The quantitative estimate of drug-likeness (QED) is 0.587. The van der Waals surface area contributed by atoms with Crippen molar-refractivity contribution in [3.8, 4) is 0 Å². The maximum absolute atomic E-state index is 3.11. The van der Waals surface area contributed by atoms with Gasteiger partial charge in [0.05, 0.1) is 6.17 Å². The summed E-state index contributed by atoms with van der Waals surface area (Å²) in [5.74, 6) is 0. The fraction of sp³-hybridized carbons (Fsp3) is 0.714. The van der Waals surface area contributed by atoms with Gasteiger partial charge in [0.25, 0.3) is 9.28 Å². The van der Waals surface area contributed by atoms with Crippen molar-refractivity contribution >= 4 is 25.8 Å². The Labute approximate surface area is 172 Å². The highest BCUT2D eigenvalue weighted by Gasteiger charge is 2.61. The lowest BCUT2D eigenvalue weighted by atomic mass is 10.0. The maximum Gasteiger partial charge on any atom is 0.263 e. The van der Waals surface area contributed by atoms with Gasteiger partial charge in [-0.3, -0.25) is 9.13 Å². The Bertz CT molecular complexity index is 600. The van der Waals surface area contributed by atoms with Crippen LogP contribution in [0.5, 0.6) is 0 Å². The number of hydrogen-bond donors (Lipinski definition) is 0. The Morgan fingerprint density at radius 2 is 1.11 bits per heavy atom. The standard InChI is InChI=1S/C21H43N3Si3/c1-20(2,3)22-19(18-16-14-13-15-17-18)23(21(4,5)6)25(22)24(26(7,8)9)27(10,11)12/h13-17,19,25H,1-12H3. The van der Waals surface area contributed by atoms with Crippen molar-refractivity contribution < 1.29 is 0 Å². The molecule has 0 spiro atoms. The molecule has 0 bridgehead atoms. The van der Waals surface area contributed by atoms with E-state index < -0.39 is 25.8 Å². The van der Waals surface area contributed by atoms with Crippen molar-refractivity contribution in [2.75, 3.05) is 0 Å². The van der Waals surface area contributed by atoms with Crippen molar-refractivity contribution in [2.45, 2.75) is 98.1 Å². The molecule has 1 aromatic carbocycles. The summed E-state index contributed by atoms with van der Waals surface area (Å²) in [5.41, 5.74) is 1.77. The van der Waals surface area contributed by atoms with Crippen LogP contribution in [0.3, 0.4) is 0 Å². The molecule has 1 heterocycles. The molecule has 1 fully saturated rings. The van der Waals surface area contributed by atoms with Crippen molar-refractivity contribution in [1.82, 2.24) is 13.0 Å². The van der Waals surface area contributed by atoms with Gasteiger partial charge in [0, 0.05) is 11.1 Å². The van der Waals surface area contributed by atoms with Crippen LogP contribution in [-0.4, -0.2) is 49.9 Å². The van der Waals surface area contributed by atoms with E-state index in [-0.39, 0.29) is 11.1 Å². The third kappa shape index (κ3) is 4.67. The molecule has 0 atom stereocenters. The van der Waals surface area contributed by atoms with Gasteiger partial charge in [-0.25, -0.2) is 0 Å². The lowest BCUT2D eigenvalue weighted by molar-refractivity contribution is -0.0428. The van der Waals surface area contributed by atoms with E-state index in [2.05, 4.69) is 124 Å². The topological polar surface area (TPSA) is 9.72 Å². The fourth-order valence-electron chi connectivity index (χ4n) is 4.77. The van der Waals surface area contributed by atoms with Gasteiger partial charge in [-0.2, -0.15) is 0 Å². The van der Waals surface area contributed by atoms with Crippen molar-refractivity contribution in [1.29, 1.82) is 0 Å². The minimum absolute atomic E-state index is 0.163. The first-order chi connectivity index (χ1) is 12.0. The smallest absolute Gasteiger partial charge is 0.263 e. The first-order valence-corrected chi connectivity index (χ1v) is 18.8. The summed E-state index contributed by atoms with van der Waals surface area (Å²) in [5, 5.41) is 0. The van der Waals surface area contributed by atoms with Crippen LogP contribution in [0.15, 0.2) is 30.3 Å². The molecule has 1 saturated heterocycles. The second kappa shape index (κ2) is 7.22. The van der Waals surface area contributed by atoms with Crippen LogP contribution in [0.4, 0.5) is 0 Å². The van der Waals surface area contributed by atoms with E-state index in [1.165, 1.54) is 5.56 Å². The number of nitrogens with zero attached hydrogens (tertiary/aromatic N) is 3. The molecule has 1 aliphatic rings. The zero-order chi connectivity index (χ0) is 21.0. The summed E-state index contributed by atoms with van der Waals surface area (Å²) in [6, 6.07) is 11.2. The zero-order valence-corrected chi connectivity index (χ0v) is 23.0. The minimum atomic E-state index is -1.45. The van der Waals surface area contributed by atoms with E-state index >= 15 is 0 Å². The van der Waals surface area contributed by atoms with E-state index in [1.54, 1.807) is 0 Å². The molecule has 0 saturated carbocycles. The molecule has 3 nitrogen and oxygen atoms in total. The number of hydrogen-bond acceptors (Lipinski definition) is 3. The Balaban J connectivity index is 2.66. The molecular weight excluding hydrogens is 379 g/mol. The number of benzene rings is 1. The SMILES string of the molecule is CC(C)(C)N1C(c2ccccc2)N(C(C)(C)C)[SiH]1N([Si](C)(C)C)[Si](C)(C)C. The molecule has 1 aliphatic heterocycles. The van der Waals surface area contributed by atoms with Crippen LogP contribution in [-0.2, 0) is 0 Å². The van der Waals surface area contributed by atoms with Crippen LogP contribution in [0.25, 0.3) is 0 Å². The Kier molecular flexibility index (Phi) is 6.16. The van der Waals surface area contributed by atoms with Crippen LogP contribution in [0.2, 0.25) is 39.3 Å². The Hall–Kier alpha value is -0.249. The first-order valence-electron chi connectivity index (χ1n) is 10.4. The highest BCUT2D eigenvalue weighted by atomic mass is 28.5. The molecular formula is C21H43N3Si3. The zero-order valence-electron chi connectivity index (χ0n) is 19.9. The van der Waals surface area contributed by atoms with Gasteiger partial charge in [-0.05, 0) is 47.1 Å². The summed E-state index contributed by atoms with van der Waals surface area (Å²) in [6.45, 7) is 29.8. The van der Waals surface area contributed by atoms with Gasteiger partial charge in [0.15, 0.2) is 0 Å². The largest absolute Gasteiger partial charge is 0.346 e. The average Bonchev–Trinajstić information content (AvgIpc) is 2.37. The summed E-state index contributed by atoms with van der Waals surface area (Å²) in [6.07, 6.45) is 0.387. The van der Waals surface area contributed by atoms with Gasteiger partial charge in [-0.1, -0.05) is 69.6 Å². The van der Waals surface area contributed by atoms with Gasteiger partial charge < -0.3 is 3.90 Å². The summed E-state index contributed by atoms with van der Waals surface area (Å²) < 4.78 is 8.92. The Morgan fingerprint density at radius 3 is 1.41 bits per heavy atom. The monoisotopic (exact) mass is 421 g/mol. The van der Waals surface area contributed by atoms with Crippen molar-refractivity contribution in [2.24, 2.45) is 0 Å². The predicted octanol–water partition coefficient (Wildman–Crippen LogP) is 5.59. The van der Waals surface area contributed by atoms with Gasteiger partial charge >= 0.3 is 0 Å². The molecule has 27 heavy (non-hydrogen) atoms. The highest BCUT2D eigenvalue weighted by molar-refractivity contribution is 6.98. The van der Waals surface area contributed by atoms with Gasteiger partial charge in [0.1, 0.15) is 16.5 Å². The summed E-state index contributed by atoms with van der Waals surface area (Å²) in [7, 11) is -4.36. The molecule has 2 rings (SSSR count). The molecule has 0 amide bonds. The maximum atomic E-state index is 3.11. The molecule has 154 valence electrons. The van der Waals surface area contributed by atoms with Crippen LogP contribution in [0.1, 0.15) is 53.3 Å². The van der Waals surface area contributed by atoms with Gasteiger partial charge in [-0.15, -0.1) is 0 Å². The molecule has 1 aromatic rings. The molecule has 0 radical (unpaired) electrons. The fourth-order valence-corrected chi connectivity index (χ4v) is 22.9. The average molecular weight is 422 g/mol. The van der Waals surface area contributed by atoms with Crippen molar-refractivity contribution in [3.63, 3.8) is 0 Å². The second-order valence-corrected chi connectivity index (χ2v) is 25.4. The van der Waals surface area contributed by atoms with Crippen molar-refractivity contribution in [3.05, 3.63) is 35.9 Å². The molecule has 0 unspecified atom stereocenters. The summed E-state index contributed by atoms with van der Waals surface area (Å²) >= 11 is 0.